The van der Waals surface area contributed by atoms with Crippen molar-refractivity contribution in [2.24, 2.45) is 0 Å². The van der Waals surface area contributed by atoms with Gasteiger partial charge in [-0.3, -0.25) is 4.79 Å². The molecule has 0 spiro atoms. The Morgan fingerprint density at radius 3 is 2.19 bits per heavy atom. The second-order valence-corrected chi connectivity index (χ2v) is 9.38. The molecular weight excluding hydrogens is 464 g/mol. The molecule has 1 atom stereocenters. The van der Waals surface area contributed by atoms with Crippen LogP contribution in [0, 0.1) is 0 Å². The van der Waals surface area contributed by atoms with Gasteiger partial charge in [-0.25, -0.2) is 4.79 Å². The summed E-state index contributed by atoms with van der Waals surface area (Å²) in [6.07, 6.45) is 7.56. The van der Waals surface area contributed by atoms with Crippen molar-refractivity contribution >= 4 is 17.8 Å². The number of carbonyl (C=O) groups excluding carboxylic acids is 2. The zero-order chi connectivity index (χ0) is 25.9. The quantitative estimate of drug-likeness (QED) is 0.333. The van der Waals surface area contributed by atoms with Gasteiger partial charge in [0.2, 0.25) is 0 Å². The van der Waals surface area contributed by atoms with E-state index in [2.05, 4.69) is 0 Å². The van der Waals surface area contributed by atoms with E-state index in [-0.39, 0.29) is 11.9 Å². The molecule has 0 aliphatic carbocycles. The fourth-order valence-corrected chi connectivity index (χ4v) is 4.27. The van der Waals surface area contributed by atoms with E-state index in [4.69, 9.17) is 14.2 Å². The van der Waals surface area contributed by atoms with Crippen molar-refractivity contribution in [3.05, 3.63) is 101 Å². The molecule has 0 saturated heterocycles. The van der Waals surface area contributed by atoms with E-state index in [0.29, 0.717) is 61.5 Å². The number of hydrogen-bond acceptors (Lipinski definition) is 5. The van der Waals surface area contributed by atoms with Crippen LogP contribution in [-0.4, -0.2) is 17.9 Å². The average molecular weight is 499 g/mol. The zero-order valence-electron chi connectivity index (χ0n) is 21.4. The first-order chi connectivity index (χ1) is 18.1. The average Bonchev–Trinajstić information content (AvgIpc) is 2.91. The summed E-state index contributed by atoms with van der Waals surface area (Å²) in [6.45, 7) is 2.57. The van der Waals surface area contributed by atoms with E-state index >= 15 is 0 Å². The van der Waals surface area contributed by atoms with Gasteiger partial charge in [-0.15, -0.1) is 0 Å². The molecule has 3 aromatic carbocycles. The molecule has 0 N–H and O–H groups in total. The molecule has 1 aliphatic heterocycles. The highest BCUT2D eigenvalue weighted by molar-refractivity contribution is 5.97. The van der Waals surface area contributed by atoms with Crippen molar-refractivity contribution in [1.82, 2.24) is 0 Å². The summed E-state index contributed by atoms with van der Waals surface area (Å²) >= 11 is 0. The predicted molar refractivity (Wildman–Crippen MR) is 145 cm³/mol. The summed E-state index contributed by atoms with van der Waals surface area (Å²) in [5, 5.41) is 0. The third-order valence-electron chi connectivity index (χ3n) is 6.29. The number of rotatable bonds is 6. The van der Waals surface area contributed by atoms with Gasteiger partial charge in [-0.2, -0.15) is 0 Å². The van der Waals surface area contributed by atoms with Gasteiger partial charge in [-0.05, 0) is 55.4 Å². The van der Waals surface area contributed by atoms with Crippen LogP contribution in [-0.2, 0) is 22.7 Å². The Morgan fingerprint density at radius 2 is 1.49 bits per heavy atom. The maximum Gasteiger partial charge on any atom is 0.342 e. The molecule has 4 rings (SSSR count). The number of carbonyl (C=O) groups is 2. The second-order valence-electron chi connectivity index (χ2n) is 9.38. The number of ketones is 1. The predicted octanol–water partition coefficient (Wildman–Crippen LogP) is 7.33. The molecule has 37 heavy (non-hydrogen) atoms. The molecule has 0 saturated carbocycles. The Bertz CT molecular complexity index is 1200. The number of allylic oxidation sites excluding steroid dienone is 1. The van der Waals surface area contributed by atoms with Crippen molar-refractivity contribution in [3.8, 4) is 11.5 Å². The van der Waals surface area contributed by atoms with Crippen LogP contribution in [0.1, 0.15) is 72.5 Å². The first kappa shape index (κ1) is 26.2. The molecule has 1 aliphatic rings. The first-order valence-electron chi connectivity index (χ1n) is 13.0. The van der Waals surface area contributed by atoms with Crippen molar-refractivity contribution in [1.29, 1.82) is 0 Å². The SMILES string of the molecule is C[C@H]1CCCC(=O)CCCC=Cc2cc(OCc3ccccc3)cc(OCc3ccccc3)c2C(=O)O1. The summed E-state index contributed by atoms with van der Waals surface area (Å²) in [5.41, 5.74) is 3.10. The number of benzene rings is 3. The summed E-state index contributed by atoms with van der Waals surface area (Å²) < 4.78 is 18.1. The van der Waals surface area contributed by atoms with Gasteiger partial charge in [0.15, 0.2) is 0 Å². The van der Waals surface area contributed by atoms with Crippen molar-refractivity contribution < 1.29 is 23.8 Å². The van der Waals surface area contributed by atoms with Crippen molar-refractivity contribution in [3.63, 3.8) is 0 Å². The number of fused-ring (bicyclic) bond motifs is 1. The molecule has 0 bridgehead atoms. The Morgan fingerprint density at radius 1 is 0.838 bits per heavy atom. The second kappa shape index (κ2) is 13.4. The third-order valence-corrected chi connectivity index (χ3v) is 6.29. The smallest absolute Gasteiger partial charge is 0.342 e. The van der Waals surface area contributed by atoms with E-state index in [0.717, 1.165) is 24.0 Å². The lowest BCUT2D eigenvalue weighted by molar-refractivity contribution is -0.119. The molecule has 5 heteroatoms. The van der Waals surface area contributed by atoms with Crippen LogP contribution in [0.2, 0.25) is 0 Å². The Hall–Kier alpha value is -3.86. The van der Waals surface area contributed by atoms with Crippen LogP contribution in [0.25, 0.3) is 6.08 Å². The number of Topliss-reactive ketones (excluding diaryl/α,β-unsaturated/α-hetero) is 1. The maximum atomic E-state index is 13.4. The lowest BCUT2D eigenvalue weighted by Crippen LogP contribution is -2.18. The maximum absolute atomic E-state index is 13.4. The van der Waals surface area contributed by atoms with Crippen LogP contribution in [0.3, 0.4) is 0 Å². The minimum atomic E-state index is -0.437. The highest BCUT2D eigenvalue weighted by Crippen LogP contribution is 2.33. The largest absolute Gasteiger partial charge is 0.489 e. The van der Waals surface area contributed by atoms with E-state index in [9.17, 15) is 9.59 Å². The monoisotopic (exact) mass is 498 g/mol. The van der Waals surface area contributed by atoms with E-state index in [1.807, 2.05) is 85.8 Å². The van der Waals surface area contributed by atoms with Gasteiger partial charge < -0.3 is 14.2 Å². The topological polar surface area (TPSA) is 61.8 Å². The van der Waals surface area contributed by atoms with Gasteiger partial charge in [0.05, 0.1) is 6.10 Å². The summed E-state index contributed by atoms with van der Waals surface area (Å²) in [7, 11) is 0. The number of hydrogen-bond donors (Lipinski definition) is 0. The van der Waals surface area contributed by atoms with Crippen LogP contribution in [0.15, 0.2) is 78.9 Å². The molecule has 5 nitrogen and oxygen atoms in total. The normalized spacial score (nSPS) is 16.8. The van der Waals surface area contributed by atoms with E-state index in [1.165, 1.54) is 0 Å². The van der Waals surface area contributed by atoms with Crippen molar-refractivity contribution in [2.45, 2.75) is 64.8 Å². The molecule has 192 valence electrons. The van der Waals surface area contributed by atoms with Crippen LogP contribution in [0.5, 0.6) is 11.5 Å². The highest BCUT2D eigenvalue weighted by atomic mass is 16.5. The van der Waals surface area contributed by atoms with Gasteiger partial charge in [0.25, 0.3) is 0 Å². The molecule has 1 heterocycles. The van der Waals surface area contributed by atoms with E-state index in [1.54, 1.807) is 6.07 Å². The van der Waals surface area contributed by atoms with E-state index < -0.39 is 5.97 Å². The van der Waals surface area contributed by atoms with Gasteiger partial charge in [0.1, 0.15) is 36.1 Å². The third kappa shape index (κ3) is 8.07. The van der Waals surface area contributed by atoms with Crippen LogP contribution < -0.4 is 9.47 Å². The molecule has 0 aromatic heterocycles. The fraction of sp³-hybridized carbons (Fsp3) is 0.312. The van der Waals surface area contributed by atoms with Crippen LogP contribution in [0.4, 0.5) is 0 Å². The molecule has 0 radical (unpaired) electrons. The minimum absolute atomic E-state index is 0.262. The molecule has 0 amide bonds. The summed E-state index contributed by atoms with van der Waals surface area (Å²) in [4.78, 5) is 25.6. The summed E-state index contributed by atoms with van der Waals surface area (Å²) in [5.74, 6) is 0.854. The Kier molecular flexibility index (Phi) is 9.53. The molecular formula is C32H34O5. The molecule has 0 unspecified atom stereocenters. The minimum Gasteiger partial charge on any atom is -0.489 e. The van der Waals surface area contributed by atoms with Gasteiger partial charge in [-0.1, -0.05) is 72.8 Å². The number of ether oxygens (including phenoxy) is 3. The van der Waals surface area contributed by atoms with Crippen LogP contribution >= 0.6 is 0 Å². The Balaban J connectivity index is 1.68. The highest BCUT2D eigenvalue weighted by Gasteiger charge is 2.23. The lowest BCUT2D eigenvalue weighted by Gasteiger charge is -2.19. The first-order valence-corrected chi connectivity index (χ1v) is 13.0. The van der Waals surface area contributed by atoms with Gasteiger partial charge in [0, 0.05) is 18.9 Å². The molecule has 3 aromatic rings. The Labute approximate surface area is 219 Å². The number of cyclic esters (lactones) is 1. The zero-order valence-corrected chi connectivity index (χ0v) is 21.4. The lowest BCUT2D eigenvalue weighted by atomic mass is 10.0. The fourth-order valence-electron chi connectivity index (χ4n) is 4.27. The standard InChI is InChI=1S/C32H34O5/c1-24-12-11-19-28(33)18-10-4-9-17-27-20-29(35-22-25-13-5-2-6-14-25)21-30(31(27)32(34)37-24)36-23-26-15-7-3-8-16-26/h2-3,5-9,13-17,20-21,24H,4,10-12,18-19,22-23H2,1H3/t24-/m0/s1. The molecule has 0 fully saturated rings. The number of esters is 1. The van der Waals surface area contributed by atoms with Gasteiger partial charge >= 0.3 is 5.97 Å². The summed E-state index contributed by atoms with van der Waals surface area (Å²) in [6, 6.07) is 23.4. The van der Waals surface area contributed by atoms with Crippen molar-refractivity contribution in [2.75, 3.05) is 0 Å².